The lowest BCUT2D eigenvalue weighted by Gasteiger charge is -2.12. The first-order chi connectivity index (χ1) is 9.58. The second-order valence-electron chi connectivity index (χ2n) is 5.31. The Morgan fingerprint density at radius 3 is 2.81 bits per heavy atom. The van der Waals surface area contributed by atoms with Crippen LogP contribution < -0.4 is 16.4 Å². The van der Waals surface area contributed by atoms with E-state index in [-0.39, 0.29) is 18.3 Å². The van der Waals surface area contributed by atoms with Gasteiger partial charge in [-0.15, -0.1) is 12.4 Å². The molecule has 21 heavy (non-hydrogen) atoms. The zero-order valence-electron chi connectivity index (χ0n) is 12.1. The fourth-order valence-corrected chi connectivity index (χ4v) is 2.61. The lowest BCUT2D eigenvalue weighted by Crippen LogP contribution is -2.20. The molecule has 1 aromatic carbocycles. The van der Waals surface area contributed by atoms with Crippen molar-refractivity contribution in [2.45, 2.75) is 26.2 Å². The highest BCUT2D eigenvalue weighted by atomic mass is 35.5. The minimum atomic E-state index is -0.515. The largest absolute Gasteiger partial charge is 0.366 e. The third-order valence-corrected chi connectivity index (χ3v) is 3.74. The van der Waals surface area contributed by atoms with Crippen LogP contribution in [0.5, 0.6) is 0 Å². The van der Waals surface area contributed by atoms with Crippen molar-refractivity contribution in [2.24, 2.45) is 11.7 Å². The Balaban J connectivity index is 0.00000220. The molecule has 0 bridgehead atoms. The maximum atomic E-state index is 12.0. The number of aryl methyl sites for hydroxylation is 1. The molecule has 1 atom stereocenters. The van der Waals surface area contributed by atoms with Crippen molar-refractivity contribution in [3.8, 4) is 0 Å². The SMILES string of the molecule is Cc1cccc(NC(=O)CCC2CCNC2)c1C(N)=O.Cl. The summed E-state index contributed by atoms with van der Waals surface area (Å²) in [5.74, 6) is -0.00253. The van der Waals surface area contributed by atoms with Crippen molar-refractivity contribution in [1.82, 2.24) is 5.32 Å². The molecule has 1 heterocycles. The molecule has 6 heteroatoms. The van der Waals surface area contributed by atoms with Crippen LogP contribution in [0.2, 0.25) is 0 Å². The monoisotopic (exact) mass is 311 g/mol. The van der Waals surface area contributed by atoms with Gasteiger partial charge in [0.25, 0.3) is 5.91 Å². The Hall–Kier alpha value is -1.59. The molecule has 0 saturated carbocycles. The van der Waals surface area contributed by atoms with Crippen molar-refractivity contribution < 1.29 is 9.59 Å². The Morgan fingerprint density at radius 1 is 1.43 bits per heavy atom. The standard InChI is InChI=1S/C15H21N3O2.ClH/c1-10-3-2-4-12(14(10)15(16)20)18-13(19)6-5-11-7-8-17-9-11;/h2-4,11,17H,5-9H2,1H3,(H2,16,20)(H,18,19);1H. The zero-order chi connectivity index (χ0) is 14.5. The maximum Gasteiger partial charge on any atom is 0.251 e. The number of halogens is 1. The molecule has 0 radical (unpaired) electrons. The molecular formula is C15H22ClN3O2. The van der Waals surface area contributed by atoms with Gasteiger partial charge in [-0.2, -0.15) is 0 Å². The first-order valence-corrected chi connectivity index (χ1v) is 6.98. The molecule has 1 saturated heterocycles. The molecule has 0 spiro atoms. The maximum absolute atomic E-state index is 12.0. The van der Waals surface area contributed by atoms with Crippen LogP contribution in [-0.4, -0.2) is 24.9 Å². The zero-order valence-corrected chi connectivity index (χ0v) is 13.0. The van der Waals surface area contributed by atoms with Gasteiger partial charge in [0.15, 0.2) is 0 Å². The lowest BCUT2D eigenvalue weighted by atomic mass is 10.0. The van der Waals surface area contributed by atoms with E-state index in [1.54, 1.807) is 25.1 Å². The van der Waals surface area contributed by atoms with Gasteiger partial charge in [-0.25, -0.2) is 0 Å². The summed E-state index contributed by atoms with van der Waals surface area (Å²) in [5, 5.41) is 6.08. The van der Waals surface area contributed by atoms with Crippen molar-refractivity contribution in [3.63, 3.8) is 0 Å². The van der Waals surface area contributed by atoms with Gasteiger partial charge in [-0.05, 0) is 50.4 Å². The number of nitrogens with one attached hydrogen (secondary N) is 2. The predicted octanol–water partition coefficient (Wildman–Crippen LogP) is 1.84. The number of carbonyl (C=O) groups excluding carboxylic acids is 2. The van der Waals surface area contributed by atoms with Crippen LogP contribution in [0.4, 0.5) is 5.69 Å². The van der Waals surface area contributed by atoms with Crippen LogP contribution in [0.3, 0.4) is 0 Å². The second-order valence-corrected chi connectivity index (χ2v) is 5.31. The molecule has 116 valence electrons. The summed E-state index contributed by atoms with van der Waals surface area (Å²) in [6, 6.07) is 5.32. The number of hydrogen-bond acceptors (Lipinski definition) is 3. The van der Waals surface area contributed by atoms with E-state index in [1.807, 2.05) is 0 Å². The topological polar surface area (TPSA) is 84.2 Å². The first-order valence-electron chi connectivity index (χ1n) is 6.98. The van der Waals surface area contributed by atoms with Gasteiger partial charge < -0.3 is 16.4 Å². The number of rotatable bonds is 5. The molecule has 1 unspecified atom stereocenters. The van der Waals surface area contributed by atoms with Gasteiger partial charge in [0.1, 0.15) is 0 Å². The first kappa shape index (κ1) is 17.5. The molecule has 2 rings (SSSR count). The highest BCUT2D eigenvalue weighted by molar-refractivity contribution is 6.04. The third-order valence-electron chi connectivity index (χ3n) is 3.74. The number of nitrogens with two attached hydrogens (primary N) is 1. The van der Waals surface area contributed by atoms with E-state index >= 15 is 0 Å². The van der Waals surface area contributed by atoms with Crippen molar-refractivity contribution in [1.29, 1.82) is 0 Å². The van der Waals surface area contributed by atoms with E-state index in [2.05, 4.69) is 10.6 Å². The fourth-order valence-electron chi connectivity index (χ4n) is 2.61. The molecule has 0 aromatic heterocycles. The van der Waals surface area contributed by atoms with Gasteiger partial charge in [-0.1, -0.05) is 12.1 Å². The number of benzene rings is 1. The quantitative estimate of drug-likeness (QED) is 0.776. The van der Waals surface area contributed by atoms with Gasteiger partial charge in [-0.3, -0.25) is 9.59 Å². The number of carbonyl (C=O) groups is 2. The van der Waals surface area contributed by atoms with Gasteiger partial charge in [0.2, 0.25) is 5.91 Å². The highest BCUT2D eigenvalue weighted by Gasteiger charge is 2.17. The summed E-state index contributed by atoms with van der Waals surface area (Å²) >= 11 is 0. The summed E-state index contributed by atoms with van der Waals surface area (Å²) in [6.07, 6.45) is 2.47. The van der Waals surface area contributed by atoms with Crippen molar-refractivity contribution in [2.75, 3.05) is 18.4 Å². The average Bonchev–Trinajstić information content (AvgIpc) is 2.89. The number of hydrogen-bond donors (Lipinski definition) is 3. The lowest BCUT2D eigenvalue weighted by molar-refractivity contribution is -0.116. The Morgan fingerprint density at radius 2 is 2.19 bits per heavy atom. The van der Waals surface area contributed by atoms with Crippen LogP contribution >= 0.6 is 12.4 Å². The van der Waals surface area contributed by atoms with Crippen LogP contribution in [0.15, 0.2) is 18.2 Å². The number of primary amides is 1. The normalized spacial score (nSPS) is 17.1. The molecule has 1 aromatic rings. The van der Waals surface area contributed by atoms with E-state index in [4.69, 9.17) is 5.73 Å². The molecule has 1 fully saturated rings. The van der Waals surface area contributed by atoms with E-state index in [9.17, 15) is 9.59 Å². The van der Waals surface area contributed by atoms with Gasteiger partial charge in [0, 0.05) is 6.42 Å². The molecule has 2 amide bonds. The number of amides is 2. The molecule has 5 nitrogen and oxygen atoms in total. The summed E-state index contributed by atoms with van der Waals surface area (Å²) in [7, 11) is 0. The molecule has 1 aliphatic rings. The minimum absolute atomic E-state index is 0. The van der Waals surface area contributed by atoms with Crippen LogP contribution in [0.25, 0.3) is 0 Å². The highest BCUT2D eigenvalue weighted by Crippen LogP contribution is 2.20. The Labute approximate surface area is 131 Å². The Kier molecular flexibility index (Phi) is 6.65. The third kappa shape index (κ3) is 4.72. The van der Waals surface area contributed by atoms with Crippen LogP contribution in [0.1, 0.15) is 35.2 Å². The summed E-state index contributed by atoms with van der Waals surface area (Å²) in [6.45, 7) is 3.83. The van der Waals surface area contributed by atoms with E-state index in [0.29, 0.717) is 23.6 Å². The van der Waals surface area contributed by atoms with E-state index in [1.165, 1.54) is 0 Å². The van der Waals surface area contributed by atoms with Crippen molar-refractivity contribution >= 4 is 29.9 Å². The van der Waals surface area contributed by atoms with Gasteiger partial charge >= 0.3 is 0 Å². The fraction of sp³-hybridized carbons (Fsp3) is 0.467. The summed E-state index contributed by atoms with van der Waals surface area (Å²) in [5.41, 5.74) is 7.04. The minimum Gasteiger partial charge on any atom is -0.366 e. The molecular weight excluding hydrogens is 290 g/mol. The number of anilines is 1. The van der Waals surface area contributed by atoms with Crippen LogP contribution in [-0.2, 0) is 4.79 Å². The van der Waals surface area contributed by atoms with Crippen molar-refractivity contribution in [3.05, 3.63) is 29.3 Å². The van der Waals surface area contributed by atoms with E-state index < -0.39 is 5.91 Å². The average molecular weight is 312 g/mol. The molecule has 0 aliphatic carbocycles. The molecule has 4 N–H and O–H groups in total. The second kappa shape index (κ2) is 8.00. The van der Waals surface area contributed by atoms with Gasteiger partial charge in [0.05, 0.1) is 11.3 Å². The summed E-state index contributed by atoms with van der Waals surface area (Å²) < 4.78 is 0. The predicted molar refractivity (Wildman–Crippen MR) is 85.8 cm³/mol. The summed E-state index contributed by atoms with van der Waals surface area (Å²) in [4.78, 5) is 23.4. The van der Waals surface area contributed by atoms with Crippen LogP contribution in [0, 0.1) is 12.8 Å². The molecule has 1 aliphatic heterocycles. The van der Waals surface area contributed by atoms with E-state index in [0.717, 1.165) is 31.5 Å². The Bertz CT molecular complexity index is 514. The smallest absolute Gasteiger partial charge is 0.251 e.